The van der Waals surface area contributed by atoms with Gasteiger partial charge in [-0.2, -0.15) is 11.3 Å². The van der Waals surface area contributed by atoms with Gasteiger partial charge in [0.2, 0.25) is 0 Å². The van der Waals surface area contributed by atoms with Crippen molar-refractivity contribution in [1.29, 1.82) is 0 Å². The third-order valence-corrected chi connectivity index (χ3v) is 7.92. The summed E-state index contributed by atoms with van der Waals surface area (Å²) in [7, 11) is 0. The second-order valence-corrected chi connectivity index (χ2v) is 10.2. The SMILES string of the molecule is Cc1ccc(C)c(C(=O)N2CCC([C@@]3(c4cccnc4)NC(=O)N(Cc4ccsc4)C3=O)CC2)c1. The summed E-state index contributed by atoms with van der Waals surface area (Å²) in [5, 5.41) is 6.94. The minimum atomic E-state index is -1.18. The molecule has 1 aromatic carbocycles. The molecule has 5 rings (SSSR count). The monoisotopic (exact) mass is 488 g/mol. The number of hydrogen-bond donors (Lipinski definition) is 1. The van der Waals surface area contributed by atoms with Crippen LogP contribution in [0.3, 0.4) is 0 Å². The van der Waals surface area contributed by atoms with E-state index in [1.54, 1.807) is 18.5 Å². The lowest BCUT2D eigenvalue weighted by Crippen LogP contribution is -2.54. The molecule has 7 nitrogen and oxygen atoms in total. The Morgan fingerprint density at radius 2 is 1.97 bits per heavy atom. The first-order valence-corrected chi connectivity index (χ1v) is 12.8. The van der Waals surface area contributed by atoms with Gasteiger partial charge >= 0.3 is 6.03 Å². The Morgan fingerprint density at radius 3 is 2.66 bits per heavy atom. The first kappa shape index (κ1) is 23.2. The van der Waals surface area contributed by atoms with Gasteiger partial charge in [-0.3, -0.25) is 19.5 Å². The van der Waals surface area contributed by atoms with Crippen molar-refractivity contribution in [1.82, 2.24) is 20.1 Å². The lowest BCUT2D eigenvalue weighted by molar-refractivity contribution is -0.134. The molecule has 2 fully saturated rings. The Hall–Kier alpha value is -3.52. The maximum absolute atomic E-state index is 13.9. The number of urea groups is 1. The molecule has 180 valence electrons. The van der Waals surface area contributed by atoms with Crippen LogP contribution >= 0.6 is 11.3 Å². The summed E-state index contributed by atoms with van der Waals surface area (Å²) in [6.07, 6.45) is 4.53. The number of carbonyl (C=O) groups is 3. The maximum atomic E-state index is 13.9. The van der Waals surface area contributed by atoms with Crippen LogP contribution in [0, 0.1) is 19.8 Å². The molecule has 1 N–H and O–H groups in total. The second-order valence-electron chi connectivity index (χ2n) is 9.39. The van der Waals surface area contributed by atoms with Gasteiger partial charge in [0.1, 0.15) is 0 Å². The number of pyridine rings is 1. The molecule has 2 aliphatic heterocycles. The van der Waals surface area contributed by atoms with E-state index in [0.29, 0.717) is 31.5 Å². The van der Waals surface area contributed by atoms with Crippen LogP contribution in [0.4, 0.5) is 4.79 Å². The zero-order valence-electron chi connectivity index (χ0n) is 19.9. The van der Waals surface area contributed by atoms with E-state index < -0.39 is 5.54 Å². The van der Waals surface area contributed by atoms with E-state index in [0.717, 1.165) is 22.3 Å². The Labute approximate surface area is 208 Å². The van der Waals surface area contributed by atoms with E-state index in [2.05, 4.69) is 10.3 Å². The smallest absolute Gasteiger partial charge is 0.325 e. The summed E-state index contributed by atoms with van der Waals surface area (Å²) in [6, 6.07) is 11.1. The van der Waals surface area contributed by atoms with Crippen LogP contribution in [0.1, 0.15) is 45.5 Å². The average molecular weight is 489 g/mol. The van der Waals surface area contributed by atoms with Crippen LogP contribution < -0.4 is 5.32 Å². The van der Waals surface area contributed by atoms with Gasteiger partial charge in [0.25, 0.3) is 11.8 Å². The van der Waals surface area contributed by atoms with Crippen molar-refractivity contribution in [3.8, 4) is 0 Å². The standard InChI is InChI=1S/C27H28N4O3S/c1-18-5-6-19(2)23(14-18)24(32)30-11-7-21(8-12-30)27(22-4-3-10-28-15-22)25(33)31(26(34)29-27)16-20-9-13-35-17-20/h3-6,9-10,13-15,17,21H,7-8,11-12,16H2,1-2H3,(H,29,34)/t27-/m0/s1. The first-order valence-electron chi connectivity index (χ1n) is 11.8. The number of piperidine rings is 1. The van der Waals surface area contributed by atoms with Crippen LogP contribution in [0.5, 0.6) is 0 Å². The highest BCUT2D eigenvalue weighted by atomic mass is 32.1. The zero-order valence-corrected chi connectivity index (χ0v) is 20.7. The van der Waals surface area contributed by atoms with Crippen molar-refractivity contribution in [2.45, 2.75) is 38.8 Å². The Bertz CT molecular complexity index is 1250. The van der Waals surface area contributed by atoms with E-state index in [9.17, 15) is 14.4 Å². The molecular weight excluding hydrogens is 460 g/mol. The van der Waals surface area contributed by atoms with E-state index in [1.807, 2.05) is 59.8 Å². The highest BCUT2D eigenvalue weighted by molar-refractivity contribution is 7.07. The molecule has 3 aromatic rings. The van der Waals surface area contributed by atoms with Gasteiger partial charge in [-0.05, 0) is 72.7 Å². The van der Waals surface area contributed by atoms with Crippen LogP contribution in [0.2, 0.25) is 0 Å². The molecule has 8 heteroatoms. The topological polar surface area (TPSA) is 82.6 Å². The number of amides is 4. The number of rotatable bonds is 5. The number of aromatic nitrogens is 1. The van der Waals surface area contributed by atoms with Crippen molar-refractivity contribution in [2.75, 3.05) is 13.1 Å². The van der Waals surface area contributed by atoms with Gasteiger partial charge < -0.3 is 10.2 Å². The highest BCUT2D eigenvalue weighted by Crippen LogP contribution is 2.42. The maximum Gasteiger partial charge on any atom is 0.325 e. The predicted octanol–water partition coefficient (Wildman–Crippen LogP) is 4.26. The number of imide groups is 1. The molecule has 0 radical (unpaired) electrons. The predicted molar refractivity (Wildman–Crippen MR) is 134 cm³/mol. The molecule has 1 atom stereocenters. The summed E-state index contributed by atoms with van der Waals surface area (Å²) >= 11 is 1.54. The molecule has 2 aromatic heterocycles. The Morgan fingerprint density at radius 1 is 1.17 bits per heavy atom. The molecule has 2 aliphatic rings. The third kappa shape index (κ3) is 4.12. The molecule has 0 bridgehead atoms. The largest absolute Gasteiger partial charge is 0.339 e. The number of carbonyl (C=O) groups excluding carboxylic acids is 3. The highest BCUT2D eigenvalue weighted by Gasteiger charge is 2.57. The average Bonchev–Trinajstić information content (AvgIpc) is 3.48. The van der Waals surface area contributed by atoms with Crippen molar-refractivity contribution >= 4 is 29.2 Å². The van der Waals surface area contributed by atoms with Crippen molar-refractivity contribution < 1.29 is 14.4 Å². The number of benzene rings is 1. The van der Waals surface area contributed by atoms with Gasteiger partial charge in [0.05, 0.1) is 6.54 Å². The minimum absolute atomic E-state index is 0.0148. The lowest BCUT2D eigenvalue weighted by Gasteiger charge is -2.41. The molecule has 35 heavy (non-hydrogen) atoms. The van der Waals surface area contributed by atoms with Gasteiger partial charge in [0.15, 0.2) is 5.54 Å². The minimum Gasteiger partial charge on any atom is -0.339 e. The van der Waals surface area contributed by atoms with Crippen molar-refractivity contribution in [2.24, 2.45) is 5.92 Å². The molecule has 0 unspecified atom stereocenters. The number of aryl methyl sites for hydroxylation is 2. The number of nitrogens with zero attached hydrogens (tertiary/aromatic N) is 3. The number of nitrogens with one attached hydrogen (secondary N) is 1. The van der Waals surface area contributed by atoms with Crippen LogP contribution in [-0.4, -0.2) is 45.7 Å². The van der Waals surface area contributed by atoms with E-state index in [4.69, 9.17) is 0 Å². The van der Waals surface area contributed by atoms with Gasteiger partial charge in [0, 0.05) is 36.6 Å². The molecule has 4 heterocycles. The van der Waals surface area contributed by atoms with Gasteiger partial charge in [-0.15, -0.1) is 0 Å². The second kappa shape index (κ2) is 9.26. The van der Waals surface area contributed by atoms with Gasteiger partial charge in [-0.1, -0.05) is 23.8 Å². The number of hydrogen-bond acceptors (Lipinski definition) is 5. The molecule has 0 spiro atoms. The zero-order chi connectivity index (χ0) is 24.6. The summed E-state index contributed by atoms with van der Waals surface area (Å²) in [5.74, 6) is -0.389. The van der Waals surface area contributed by atoms with E-state index in [1.165, 1.54) is 16.2 Å². The fourth-order valence-electron chi connectivity index (χ4n) is 5.26. The quantitative estimate of drug-likeness (QED) is 0.544. The van der Waals surface area contributed by atoms with Crippen molar-refractivity contribution in [3.05, 3.63) is 87.4 Å². The lowest BCUT2D eigenvalue weighted by atomic mass is 9.73. The first-order chi connectivity index (χ1) is 16.9. The van der Waals surface area contributed by atoms with E-state index in [-0.39, 0.29) is 30.3 Å². The fraction of sp³-hybridized carbons (Fsp3) is 0.333. The van der Waals surface area contributed by atoms with Crippen LogP contribution in [-0.2, 0) is 16.9 Å². The van der Waals surface area contributed by atoms with Crippen LogP contribution in [0.15, 0.2) is 59.6 Å². The number of thiophene rings is 1. The molecule has 0 aliphatic carbocycles. The summed E-state index contributed by atoms with van der Waals surface area (Å²) in [5.41, 5.74) is 3.15. The summed E-state index contributed by atoms with van der Waals surface area (Å²) in [4.78, 5) is 47.7. The summed E-state index contributed by atoms with van der Waals surface area (Å²) < 4.78 is 0. The van der Waals surface area contributed by atoms with Crippen LogP contribution in [0.25, 0.3) is 0 Å². The molecule has 4 amide bonds. The molecular formula is C27H28N4O3S. The third-order valence-electron chi connectivity index (χ3n) is 7.19. The molecule has 2 saturated heterocycles. The molecule has 0 saturated carbocycles. The Kier molecular flexibility index (Phi) is 6.15. The normalized spacial score (nSPS) is 20.9. The number of likely N-dealkylation sites (tertiary alicyclic amines) is 1. The van der Waals surface area contributed by atoms with Gasteiger partial charge in [-0.25, -0.2) is 4.79 Å². The van der Waals surface area contributed by atoms with Crippen molar-refractivity contribution in [3.63, 3.8) is 0 Å². The van der Waals surface area contributed by atoms with E-state index >= 15 is 0 Å². The fourth-order valence-corrected chi connectivity index (χ4v) is 5.92. The summed E-state index contributed by atoms with van der Waals surface area (Å²) in [6.45, 7) is 5.21. The Balaban J connectivity index is 1.41.